The molecular weight excluding hydrogens is 198 g/mol. The maximum Gasteiger partial charge on any atom is 0.118 e. The predicted molar refractivity (Wildman–Crippen MR) is 66.9 cm³/mol. The van der Waals surface area contributed by atoms with Crippen molar-refractivity contribution in [2.24, 2.45) is 0 Å². The topological polar surface area (TPSA) is 21.3 Å². The molecule has 1 aromatic carbocycles. The number of nitrogens with one attached hydrogen (secondary N) is 1. The van der Waals surface area contributed by atoms with Gasteiger partial charge in [-0.1, -0.05) is 23.8 Å². The zero-order chi connectivity index (χ0) is 11.2. The SMILES string of the molecule is COc1ccc(CC=C2CCNCC2)cc1. The lowest BCUT2D eigenvalue weighted by Crippen LogP contribution is -2.23. The summed E-state index contributed by atoms with van der Waals surface area (Å²) in [6.07, 6.45) is 5.83. The first-order chi connectivity index (χ1) is 7.88. The van der Waals surface area contributed by atoms with Gasteiger partial charge in [0.25, 0.3) is 0 Å². The fourth-order valence-electron chi connectivity index (χ4n) is 1.98. The fourth-order valence-corrected chi connectivity index (χ4v) is 1.98. The Morgan fingerprint density at radius 2 is 1.88 bits per heavy atom. The van der Waals surface area contributed by atoms with Gasteiger partial charge in [0.05, 0.1) is 7.11 Å². The first-order valence-electron chi connectivity index (χ1n) is 5.90. The maximum atomic E-state index is 5.14. The molecule has 2 rings (SSSR count). The molecule has 2 heteroatoms. The van der Waals surface area contributed by atoms with Crippen LogP contribution in [-0.4, -0.2) is 20.2 Å². The lowest BCUT2D eigenvalue weighted by molar-refractivity contribution is 0.414. The van der Waals surface area contributed by atoms with Crippen LogP contribution in [0, 0.1) is 0 Å². The summed E-state index contributed by atoms with van der Waals surface area (Å²) in [6.45, 7) is 2.27. The van der Waals surface area contributed by atoms with Gasteiger partial charge in [-0.2, -0.15) is 0 Å². The molecule has 0 aliphatic carbocycles. The fraction of sp³-hybridized carbons (Fsp3) is 0.429. The number of rotatable bonds is 3. The van der Waals surface area contributed by atoms with Crippen molar-refractivity contribution in [3.05, 3.63) is 41.5 Å². The Hall–Kier alpha value is -1.28. The number of hydrogen-bond donors (Lipinski definition) is 1. The maximum absolute atomic E-state index is 5.14. The van der Waals surface area contributed by atoms with E-state index in [1.807, 2.05) is 12.1 Å². The molecule has 1 heterocycles. The van der Waals surface area contributed by atoms with Gasteiger partial charge in [0.1, 0.15) is 5.75 Å². The van der Waals surface area contributed by atoms with Crippen LogP contribution in [0.5, 0.6) is 5.75 Å². The van der Waals surface area contributed by atoms with Gasteiger partial charge in [-0.05, 0) is 50.0 Å². The van der Waals surface area contributed by atoms with E-state index in [2.05, 4.69) is 23.5 Å². The van der Waals surface area contributed by atoms with Gasteiger partial charge >= 0.3 is 0 Å². The van der Waals surface area contributed by atoms with Crippen molar-refractivity contribution in [3.63, 3.8) is 0 Å². The third kappa shape index (κ3) is 3.11. The monoisotopic (exact) mass is 217 g/mol. The Bertz CT molecular complexity index is 346. The molecule has 1 saturated heterocycles. The Morgan fingerprint density at radius 1 is 1.19 bits per heavy atom. The summed E-state index contributed by atoms with van der Waals surface area (Å²) >= 11 is 0. The molecule has 0 aromatic heterocycles. The van der Waals surface area contributed by atoms with E-state index in [0.717, 1.165) is 25.3 Å². The summed E-state index contributed by atoms with van der Waals surface area (Å²) in [4.78, 5) is 0. The average molecular weight is 217 g/mol. The zero-order valence-electron chi connectivity index (χ0n) is 9.83. The van der Waals surface area contributed by atoms with Crippen molar-refractivity contribution < 1.29 is 4.74 Å². The molecule has 1 aliphatic rings. The summed E-state index contributed by atoms with van der Waals surface area (Å²) in [7, 11) is 1.70. The zero-order valence-corrected chi connectivity index (χ0v) is 9.83. The van der Waals surface area contributed by atoms with Crippen molar-refractivity contribution >= 4 is 0 Å². The van der Waals surface area contributed by atoms with Gasteiger partial charge < -0.3 is 10.1 Å². The largest absolute Gasteiger partial charge is 0.497 e. The second kappa shape index (κ2) is 5.71. The predicted octanol–water partition coefficient (Wildman–Crippen LogP) is 2.55. The Morgan fingerprint density at radius 3 is 2.50 bits per heavy atom. The summed E-state index contributed by atoms with van der Waals surface area (Å²) in [6, 6.07) is 8.32. The molecule has 1 N–H and O–H groups in total. The van der Waals surface area contributed by atoms with Crippen molar-refractivity contribution in [3.8, 4) is 5.75 Å². The summed E-state index contributed by atoms with van der Waals surface area (Å²) < 4.78 is 5.14. The van der Waals surface area contributed by atoms with E-state index in [-0.39, 0.29) is 0 Å². The lowest BCUT2D eigenvalue weighted by Gasteiger charge is -2.15. The average Bonchev–Trinajstić information content (AvgIpc) is 2.38. The van der Waals surface area contributed by atoms with E-state index >= 15 is 0 Å². The van der Waals surface area contributed by atoms with Crippen LogP contribution < -0.4 is 10.1 Å². The number of allylic oxidation sites excluding steroid dienone is 1. The molecule has 0 radical (unpaired) electrons. The highest BCUT2D eigenvalue weighted by atomic mass is 16.5. The van der Waals surface area contributed by atoms with E-state index in [9.17, 15) is 0 Å². The molecule has 1 fully saturated rings. The van der Waals surface area contributed by atoms with Crippen LogP contribution in [0.25, 0.3) is 0 Å². The van der Waals surface area contributed by atoms with Gasteiger partial charge in [0, 0.05) is 0 Å². The standard InChI is InChI=1S/C14H19NO/c1-16-14-6-4-12(5-7-14)2-3-13-8-10-15-11-9-13/h3-7,15H,2,8-11H2,1H3. The third-order valence-corrected chi connectivity index (χ3v) is 3.03. The van der Waals surface area contributed by atoms with Gasteiger partial charge in [-0.15, -0.1) is 0 Å². The summed E-state index contributed by atoms with van der Waals surface area (Å²) in [5.74, 6) is 0.929. The third-order valence-electron chi connectivity index (χ3n) is 3.03. The second-order valence-corrected chi connectivity index (χ2v) is 4.16. The van der Waals surface area contributed by atoms with Gasteiger partial charge in [0.2, 0.25) is 0 Å². The molecule has 86 valence electrons. The van der Waals surface area contributed by atoms with Gasteiger partial charge in [-0.25, -0.2) is 0 Å². The smallest absolute Gasteiger partial charge is 0.118 e. The van der Waals surface area contributed by atoms with Crippen LogP contribution in [-0.2, 0) is 6.42 Å². The van der Waals surface area contributed by atoms with E-state index < -0.39 is 0 Å². The highest BCUT2D eigenvalue weighted by Crippen LogP contribution is 2.15. The van der Waals surface area contributed by atoms with E-state index in [1.165, 1.54) is 18.4 Å². The van der Waals surface area contributed by atoms with Crippen LogP contribution in [0.15, 0.2) is 35.9 Å². The number of hydrogen-bond acceptors (Lipinski definition) is 2. The number of piperidine rings is 1. The Labute approximate surface area is 97.3 Å². The molecule has 0 bridgehead atoms. The van der Waals surface area contributed by atoms with E-state index in [1.54, 1.807) is 12.7 Å². The number of ether oxygens (including phenoxy) is 1. The Kier molecular flexibility index (Phi) is 4.00. The van der Waals surface area contributed by atoms with Gasteiger partial charge in [0.15, 0.2) is 0 Å². The highest BCUT2D eigenvalue weighted by molar-refractivity contribution is 5.28. The quantitative estimate of drug-likeness (QED) is 0.786. The van der Waals surface area contributed by atoms with Crippen LogP contribution in [0.1, 0.15) is 18.4 Å². The second-order valence-electron chi connectivity index (χ2n) is 4.16. The molecule has 16 heavy (non-hydrogen) atoms. The van der Waals surface area contributed by atoms with Crippen LogP contribution in [0.3, 0.4) is 0 Å². The lowest BCUT2D eigenvalue weighted by atomic mass is 10.0. The normalized spacial score (nSPS) is 15.9. The molecule has 0 amide bonds. The summed E-state index contributed by atoms with van der Waals surface area (Å²) in [5.41, 5.74) is 2.95. The minimum atomic E-state index is 0.929. The van der Waals surface area contributed by atoms with Gasteiger partial charge in [-0.3, -0.25) is 0 Å². The van der Waals surface area contributed by atoms with Crippen LogP contribution in [0.2, 0.25) is 0 Å². The van der Waals surface area contributed by atoms with Crippen LogP contribution >= 0.6 is 0 Å². The minimum absolute atomic E-state index is 0.929. The number of methoxy groups -OCH3 is 1. The number of benzene rings is 1. The molecule has 1 aromatic rings. The molecule has 0 spiro atoms. The molecule has 2 nitrogen and oxygen atoms in total. The molecular formula is C14H19NO. The molecule has 1 aliphatic heterocycles. The van der Waals surface area contributed by atoms with E-state index in [0.29, 0.717) is 0 Å². The Balaban J connectivity index is 1.92. The van der Waals surface area contributed by atoms with Crippen molar-refractivity contribution in [2.45, 2.75) is 19.3 Å². The molecule has 0 unspecified atom stereocenters. The summed E-state index contributed by atoms with van der Waals surface area (Å²) in [5, 5.41) is 3.37. The first kappa shape index (κ1) is 11.2. The molecule has 0 saturated carbocycles. The molecule has 0 atom stereocenters. The van der Waals surface area contributed by atoms with Crippen LogP contribution in [0.4, 0.5) is 0 Å². The minimum Gasteiger partial charge on any atom is -0.497 e. The van der Waals surface area contributed by atoms with Crippen molar-refractivity contribution in [1.82, 2.24) is 5.32 Å². The highest BCUT2D eigenvalue weighted by Gasteiger charge is 2.03. The van der Waals surface area contributed by atoms with E-state index in [4.69, 9.17) is 4.74 Å². The first-order valence-corrected chi connectivity index (χ1v) is 5.90. The van der Waals surface area contributed by atoms with Crippen molar-refractivity contribution in [2.75, 3.05) is 20.2 Å². The van der Waals surface area contributed by atoms with Crippen molar-refractivity contribution in [1.29, 1.82) is 0 Å².